The second-order valence-corrected chi connectivity index (χ2v) is 5.68. The highest BCUT2D eigenvalue weighted by atomic mass is 35.5. The van der Waals surface area contributed by atoms with Crippen LogP contribution in [0.3, 0.4) is 0 Å². The van der Waals surface area contributed by atoms with E-state index in [4.69, 9.17) is 16.3 Å². The van der Waals surface area contributed by atoms with Gasteiger partial charge in [-0.25, -0.2) is 0 Å². The topological polar surface area (TPSA) is 29.5 Å². The molecule has 1 amide bonds. The highest BCUT2D eigenvalue weighted by molar-refractivity contribution is 6.18. The normalized spacial score (nSPS) is 31.6. The van der Waals surface area contributed by atoms with Gasteiger partial charge in [-0.05, 0) is 26.2 Å². The molecule has 3 nitrogen and oxygen atoms in total. The monoisotopic (exact) mass is 275 g/mol. The van der Waals surface area contributed by atoms with Crippen molar-refractivity contribution < 1.29 is 9.53 Å². The maximum Gasteiger partial charge on any atom is 0.228 e. The number of ether oxygens (including phenoxy) is 1. The zero-order valence-corrected chi connectivity index (χ0v) is 12.7. The van der Waals surface area contributed by atoms with Gasteiger partial charge in [0.2, 0.25) is 5.91 Å². The minimum Gasteiger partial charge on any atom is -0.374 e. The average molecular weight is 276 g/mol. The SMILES string of the molecule is CCCCN(CCCl)C(=O)C1C(C)OC(C)C1C. The Labute approximate surface area is 116 Å². The van der Waals surface area contributed by atoms with Gasteiger partial charge in [-0.2, -0.15) is 0 Å². The lowest BCUT2D eigenvalue weighted by molar-refractivity contribution is -0.137. The fraction of sp³-hybridized carbons (Fsp3) is 0.929. The molecule has 0 radical (unpaired) electrons. The average Bonchev–Trinajstić information content (AvgIpc) is 2.58. The molecule has 0 aliphatic carbocycles. The third kappa shape index (κ3) is 3.61. The van der Waals surface area contributed by atoms with E-state index in [1.165, 1.54) is 0 Å². The predicted molar refractivity (Wildman–Crippen MR) is 74.9 cm³/mol. The molecule has 0 spiro atoms. The van der Waals surface area contributed by atoms with Crippen molar-refractivity contribution in [2.24, 2.45) is 11.8 Å². The summed E-state index contributed by atoms with van der Waals surface area (Å²) in [5.41, 5.74) is 0. The van der Waals surface area contributed by atoms with Gasteiger partial charge in [-0.1, -0.05) is 20.3 Å². The van der Waals surface area contributed by atoms with Crippen LogP contribution in [-0.4, -0.2) is 42.0 Å². The largest absolute Gasteiger partial charge is 0.374 e. The molecule has 1 fully saturated rings. The van der Waals surface area contributed by atoms with Gasteiger partial charge in [0.1, 0.15) is 0 Å². The number of rotatable bonds is 6. The Morgan fingerprint density at radius 1 is 1.22 bits per heavy atom. The molecule has 0 saturated carbocycles. The Morgan fingerprint density at radius 2 is 1.89 bits per heavy atom. The molecule has 0 aromatic carbocycles. The molecule has 1 saturated heterocycles. The summed E-state index contributed by atoms with van der Waals surface area (Å²) in [5, 5.41) is 0. The number of amides is 1. The van der Waals surface area contributed by atoms with Gasteiger partial charge in [0.25, 0.3) is 0 Å². The zero-order valence-electron chi connectivity index (χ0n) is 12.0. The lowest BCUT2D eigenvalue weighted by Crippen LogP contribution is -2.42. The van der Waals surface area contributed by atoms with E-state index in [9.17, 15) is 4.79 Å². The number of unbranched alkanes of at least 4 members (excludes halogenated alkanes) is 1. The Hall–Kier alpha value is -0.280. The van der Waals surface area contributed by atoms with E-state index in [0.717, 1.165) is 19.4 Å². The molecule has 4 atom stereocenters. The Morgan fingerprint density at radius 3 is 2.33 bits per heavy atom. The number of carbonyl (C=O) groups is 1. The summed E-state index contributed by atoms with van der Waals surface area (Å²) in [6.07, 6.45) is 2.31. The predicted octanol–water partition coefficient (Wildman–Crippen LogP) is 2.91. The molecule has 1 aliphatic rings. The van der Waals surface area contributed by atoms with Crippen LogP contribution in [0.25, 0.3) is 0 Å². The van der Waals surface area contributed by atoms with Crippen molar-refractivity contribution in [3.8, 4) is 0 Å². The highest BCUT2D eigenvalue weighted by Gasteiger charge is 2.42. The molecule has 1 heterocycles. The van der Waals surface area contributed by atoms with Crippen LogP contribution in [0, 0.1) is 11.8 Å². The van der Waals surface area contributed by atoms with Gasteiger partial charge in [0, 0.05) is 19.0 Å². The summed E-state index contributed by atoms with van der Waals surface area (Å²) < 4.78 is 5.76. The van der Waals surface area contributed by atoms with Gasteiger partial charge < -0.3 is 9.64 Å². The minimum atomic E-state index is -0.0138. The fourth-order valence-corrected chi connectivity index (χ4v) is 2.89. The van der Waals surface area contributed by atoms with Gasteiger partial charge in [0.15, 0.2) is 0 Å². The number of nitrogens with zero attached hydrogens (tertiary/aromatic N) is 1. The smallest absolute Gasteiger partial charge is 0.228 e. The molecular formula is C14H26ClNO2. The van der Waals surface area contributed by atoms with E-state index in [1.54, 1.807) is 0 Å². The molecule has 0 N–H and O–H groups in total. The van der Waals surface area contributed by atoms with E-state index in [1.807, 2.05) is 18.7 Å². The van der Waals surface area contributed by atoms with Crippen LogP contribution in [0.15, 0.2) is 0 Å². The van der Waals surface area contributed by atoms with Gasteiger partial charge >= 0.3 is 0 Å². The maximum atomic E-state index is 12.6. The van der Waals surface area contributed by atoms with Crippen LogP contribution in [0.2, 0.25) is 0 Å². The maximum absolute atomic E-state index is 12.6. The molecule has 1 aliphatic heterocycles. The number of carbonyl (C=O) groups excluding carboxylic acids is 1. The third-order valence-corrected chi connectivity index (χ3v) is 4.14. The second-order valence-electron chi connectivity index (χ2n) is 5.30. The van der Waals surface area contributed by atoms with Gasteiger partial charge in [0.05, 0.1) is 18.1 Å². The number of hydrogen-bond donors (Lipinski definition) is 0. The van der Waals surface area contributed by atoms with Crippen LogP contribution < -0.4 is 0 Å². The molecule has 0 aromatic heterocycles. The van der Waals surface area contributed by atoms with Crippen molar-refractivity contribution in [1.82, 2.24) is 4.90 Å². The minimum absolute atomic E-state index is 0.0138. The first-order valence-corrected chi connectivity index (χ1v) is 7.56. The lowest BCUT2D eigenvalue weighted by Gasteiger charge is -2.28. The van der Waals surface area contributed by atoms with Crippen LogP contribution in [0.4, 0.5) is 0 Å². The summed E-state index contributed by atoms with van der Waals surface area (Å²) in [6.45, 7) is 9.75. The van der Waals surface area contributed by atoms with Crippen LogP contribution in [0.5, 0.6) is 0 Å². The third-order valence-electron chi connectivity index (χ3n) is 3.97. The van der Waals surface area contributed by atoms with Gasteiger partial charge in [-0.3, -0.25) is 4.79 Å². The van der Waals surface area contributed by atoms with E-state index >= 15 is 0 Å². The second kappa shape index (κ2) is 7.34. The standard InChI is InChI=1S/C14H26ClNO2/c1-5-6-8-16(9-7-15)14(17)13-10(2)11(3)18-12(13)4/h10-13H,5-9H2,1-4H3. The highest BCUT2D eigenvalue weighted by Crippen LogP contribution is 2.33. The lowest BCUT2D eigenvalue weighted by atomic mass is 9.88. The van der Waals surface area contributed by atoms with E-state index < -0.39 is 0 Å². The Balaban J connectivity index is 2.69. The van der Waals surface area contributed by atoms with E-state index in [-0.39, 0.29) is 30.0 Å². The molecule has 0 bridgehead atoms. The number of hydrogen-bond acceptors (Lipinski definition) is 2. The first-order valence-electron chi connectivity index (χ1n) is 7.03. The first kappa shape index (κ1) is 15.8. The van der Waals surface area contributed by atoms with Gasteiger partial charge in [-0.15, -0.1) is 11.6 Å². The molecule has 4 heteroatoms. The van der Waals surface area contributed by atoms with Crippen molar-refractivity contribution >= 4 is 17.5 Å². The van der Waals surface area contributed by atoms with Crippen molar-refractivity contribution in [1.29, 1.82) is 0 Å². The zero-order chi connectivity index (χ0) is 13.7. The van der Waals surface area contributed by atoms with Crippen LogP contribution in [-0.2, 0) is 9.53 Å². The molecule has 106 valence electrons. The van der Waals surface area contributed by atoms with Crippen molar-refractivity contribution in [2.45, 2.75) is 52.7 Å². The van der Waals surface area contributed by atoms with E-state index in [0.29, 0.717) is 12.4 Å². The molecule has 4 unspecified atom stereocenters. The summed E-state index contributed by atoms with van der Waals surface area (Å²) in [5.74, 6) is 0.988. The molecular weight excluding hydrogens is 250 g/mol. The molecule has 0 aromatic rings. The summed E-state index contributed by atoms with van der Waals surface area (Å²) in [7, 11) is 0. The van der Waals surface area contributed by atoms with Crippen molar-refractivity contribution in [3.63, 3.8) is 0 Å². The van der Waals surface area contributed by atoms with Crippen LogP contribution >= 0.6 is 11.6 Å². The first-order chi connectivity index (χ1) is 8.52. The van der Waals surface area contributed by atoms with E-state index in [2.05, 4.69) is 13.8 Å². The summed E-state index contributed by atoms with van der Waals surface area (Å²) in [4.78, 5) is 14.5. The summed E-state index contributed by atoms with van der Waals surface area (Å²) >= 11 is 5.80. The summed E-state index contributed by atoms with van der Waals surface area (Å²) in [6, 6.07) is 0. The number of halogens is 1. The van der Waals surface area contributed by atoms with Crippen molar-refractivity contribution in [3.05, 3.63) is 0 Å². The van der Waals surface area contributed by atoms with Crippen molar-refractivity contribution in [2.75, 3.05) is 19.0 Å². The quantitative estimate of drug-likeness (QED) is 0.698. The number of alkyl halides is 1. The Kier molecular flexibility index (Phi) is 6.44. The Bertz CT molecular complexity index is 273. The molecule has 1 rings (SSSR count). The fourth-order valence-electron chi connectivity index (χ4n) is 2.69. The van der Waals surface area contributed by atoms with Crippen LogP contribution in [0.1, 0.15) is 40.5 Å². The molecule has 18 heavy (non-hydrogen) atoms.